The first kappa shape index (κ1) is 24.7. The Morgan fingerprint density at radius 1 is 1.20 bits per heavy atom. The van der Waals surface area contributed by atoms with E-state index in [4.69, 9.17) is 0 Å². The summed E-state index contributed by atoms with van der Waals surface area (Å²) in [6.45, 7) is 4.95. The van der Waals surface area contributed by atoms with E-state index in [-0.39, 0.29) is 17.5 Å². The Kier molecular flexibility index (Phi) is 7.98. The summed E-state index contributed by atoms with van der Waals surface area (Å²) in [6.07, 6.45) is 6.76. The number of amides is 3. The van der Waals surface area contributed by atoms with Gasteiger partial charge in [-0.05, 0) is 37.1 Å². The number of thioether (sulfide) groups is 1. The van der Waals surface area contributed by atoms with Crippen LogP contribution in [-0.2, 0) is 7.05 Å². The van der Waals surface area contributed by atoms with Crippen molar-refractivity contribution in [3.8, 4) is 0 Å². The summed E-state index contributed by atoms with van der Waals surface area (Å²) >= 11 is 2.92. The van der Waals surface area contributed by atoms with Gasteiger partial charge in [-0.25, -0.2) is 9.97 Å². The number of hydrazine groups is 1. The van der Waals surface area contributed by atoms with E-state index in [0.29, 0.717) is 35.1 Å². The quantitative estimate of drug-likeness (QED) is 0.287. The van der Waals surface area contributed by atoms with Crippen LogP contribution in [0.15, 0.2) is 59.7 Å². The van der Waals surface area contributed by atoms with Gasteiger partial charge in [-0.3, -0.25) is 25.2 Å². The lowest BCUT2D eigenvalue weighted by molar-refractivity contribution is 0.0708. The van der Waals surface area contributed by atoms with Crippen LogP contribution in [0.5, 0.6) is 0 Å². The lowest BCUT2D eigenvalue weighted by Gasteiger charge is -2.31. The Morgan fingerprint density at radius 3 is 2.69 bits per heavy atom. The molecule has 3 amide bonds. The van der Waals surface area contributed by atoms with Gasteiger partial charge in [-0.2, -0.15) is 0 Å². The van der Waals surface area contributed by atoms with Crippen molar-refractivity contribution in [2.45, 2.75) is 23.8 Å². The van der Waals surface area contributed by atoms with Gasteiger partial charge < -0.3 is 9.47 Å². The summed E-state index contributed by atoms with van der Waals surface area (Å²) in [6, 6.07) is 7.01. The van der Waals surface area contributed by atoms with Crippen molar-refractivity contribution in [2.24, 2.45) is 7.05 Å². The largest absolute Gasteiger partial charge is 0.347 e. The number of hydrogen-bond donors (Lipinski definition) is 2. The van der Waals surface area contributed by atoms with E-state index in [9.17, 15) is 14.4 Å². The van der Waals surface area contributed by atoms with E-state index < -0.39 is 11.8 Å². The molecule has 3 aromatic rings. The highest BCUT2D eigenvalue weighted by molar-refractivity contribution is 7.99. The van der Waals surface area contributed by atoms with Crippen LogP contribution in [0.4, 0.5) is 0 Å². The summed E-state index contributed by atoms with van der Waals surface area (Å²) in [7, 11) is 1.75. The molecule has 4 heterocycles. The van der Waals surface area contributed by atoms with E-state index in [1.165, 1.54) is 23.1 Å². The van der Waals surface area contributed by atoms with E-state index in [1.54, 1.807) is 53.7 Å². The Morgan fingerprint density at radius 2 is 1.97 bits per heavy atom. The molecule has 1 aliphatic rings. The number of hydrogen-bond acceptors (Lipinski definition) is 7. The van der Waals surface area contributed by atoms with Gasteiger partial charge in [0, 0.05) is 49.6 Å². The van der Waals surface area contributed by atoms with Crippen LogP contribution in [-0.4, -0.2) is 56.0 Å². The van der Waals surface area contributed by atoms with Crippen LogP contribution in [0.1, 0.15) is 55.1 Å². The van der Waals surface area contributed by atoms with Crippen LogP contribution < -0.4 is 10.9 Å². The third-order valence-electron chi connectivity index (χ3n) is 5.69. The topological polar surface area (TPSA) is 109 Å². The lowest BCUT2D eigenvalue weighted by atomic mass is 9.97. The van der Waals surface area contributed by atoms with Crippen LogP contribution in [0.2, 0.25) is 0 Å². The first-order valence-electron chi connectivity index (χ1n) is 11.1. The number of piperidine rings is 1. The molecule has 0 aliphatic carbocycles. The maximum Gasteiger partial charge on any atom is 0.289 e. The molecular weight excluding hydrogens is 484 g/mol. The predicted molar refractivity (Wildman–Crippen MR) is 135 cm³/mol. The Hall–Kier alpha value is -3.44. The van der Waals surface area contributed by atoms with Gasteiger partial charge in [-0.15, -0.1) is 29.7 Å². The third kappa shape index (κ3) is 5.80. The van der Waals surface area contributed by atoms with Crippen molar-refractivity contribution in [1.82, 2.24) is 30.3 Å². The maximum atomic E-state index is 13.1. The minimum absolute atomic E-state index is 0.0173. The molecule has 11 heteroatoms. The number of carbonyl (C=O) groups excluding carboxylic acids is 3. The summed E-state index contributed by atoms with van der Waals surface area (Å²) in [5, 5.41) is 3.27. The summed E-state index contributed by atoms with van der Waals surface area (Å²) < 4.78 is 1.66. The molecule has 1 fully saturated rings. The summed E-state index contributed by atoms with van der Waals surface area (Å²) in [5.41, 5.74) is 6.14. The second kappa shape index (κ2) is 11.3. The number of likely N-dealkylation sites (tertiary alicyclic amines) is 1. The second-order valence-corrected chi connectivity index (χ2v) is 9.90. The second-order valence-electron chi connectivity index (χ2n) is 8.01. The first-order valence-corrected chi connectivity index (χ1v) is 13.0. The van der Waals surface area contributed by atoms with Gasteiger partial charge >= 0.3 is 0 Å². The molecule has 0 bridgehead atoms. The van der Waals surface area contributed by atoms with Gasteiger partial charge in [0.05, 0.1) is 10.6 Å². The average molecular weight is 511 g/mol. The van der Waals surface area contributed by atoms with Gasteiger partial charge in [0.1, 0.15) is 16.4 Å². The molecule has 1 saturated heterocycles. The predicted octanol–water partition coefficient (Wildman–Crippen LogP) is 3.25. The van der Waals surface area contributed by atoms with Crippen molar-refractivity contribution in [2.75, 3.05) is 18.8 Å². The van der Waals surface area contributed by atoms with Gasteiger partial charge in [-0.1, -0.05) is 6.08 Å². The molecule has 0 saturated carbocycles. The standard InChI is InChI=1S/C24H26N6O3S2/c1-3-14-34-23-17(6-4-10-25-23)24(33)30-12-8-16(9-13-30)22-26-18(15-35-22)20(31)27-28-21(32)19-7-5-11-29(19)2/h3-7,10-11,15-16H,1,8-9,12-14H2,2H3,(H,27,31)(H,28,32). The highest BCUT2D eigenvalue weighted by Crippen LogP contribution is 2.31. The molecule has 9 nitrogen and oxygen atoms in total. The summed E-state index contributed by atoms with van der Waals surface area (Å²) in [4.78, 5) is 48.4. The zero-order chi connectivity index (χ0) is 24.8. The normalized spacial score (nSPS) is 13.9. The number of carbonyl (C=O) groups is 3. The van der Waals surface area contributed by atoms with Crippen LogP contribution in [0.25, 0.3) is 0 Å². The van der Waals surface area contributed by atoms with E-state index in [1.807, 2.05) is 11.0 Å². The molecule has 3 aromatic heterocycles. The zero-order valence-corrected chi connectivity index (χ0v) is 20.9. The van der Waals surface area contributed by atoms with E-state index in [2.05, 4.69) is 27.4 Å². The number of nitrogens with one attached hydrogen (secondary N) is 2. The number of nitrogens with zero attached hydrogens (tertiary/aromatic N) is 4. The maximum absolute atomic E-state index is 13.1. The number of aryl methyl sites for hydroxylation is 1. The number of pyridine rings is 1. The molecule has 0 spiro atoms. The Balaban J connectivity index is 1.31. The molecule has 4 rings (SSSR count). The number of thiazole rings is 1. The first-order chi connectivity index (χ1) is 17.0. The van der Waals surface area contributed by atoms with Crippen molar-refractivity contribution < 1.29 is 14.4 Å². The third-order valence-corrected chi connectivity index (χ3v) is 7.70. The zero-order valence-electron chi connectivity index (χ0n) is 19.3. The summed E-state index contributed by atoms with van der Waals surface area (Å²) in [5.74, 6) is -0.0278. The fourth-order valence-electron chi connectivity index (χ4n) is 3.82. The van der Waals surface area contributed by atoms with Crippen LogP contribution >= 0.6 is 23.1 Å². The van der Waals surface area contributed by atoms with Crippen molar-refractivity contribution in [1.29, 1.82) is 0 Å². The molecule has 2 N–H and O–H groups in total. The molecular formula is C24H26N6O3S2. The molecule has 0 unspecified atom stereocenters. The Labute approximate surface area is 211 Å². The average Bonchev–Trinajstić information content (AvgIpc) is 3.55. The van der Waals surface area contributed by atoms with Crippen molar-refractivity contribution in [3.05, 3.63) is 76.7 Å². The van der Waals surface area contributed by atoms with E-state index in [0.717, 1.165) is 17.8 Å². The smallest absolute Gasteiger partial charge is 0.289 e. The highest BCUT2D eigenvalue weighted by Gasteiger charge is 2.28. The molecule has 1 aliphatic heterocycles. The fourth-order valence-corrected chi connectivity index (χ4v) is 5.52. The monoisotopic (exact) mass is 510 g/mol. The molecule has 0 aromatic carbocycles. The minimum Gasteiger partial charge on any atom is -0.347 e. The number of aromatic nitrogens is 3. The molecule has 0 atom stereocenters. The Bertz CT molecular complexity index is 1230. The van der Waals surface area contributed by atoms with E-state index >= 15 is 0 Å². The molecule has 35 heavy (non-hydrogen) atoms. The lowest BCUT2D eigenvalue weighted by Crippen LogP contribution is -2.42. The molecule has 182 valence electrons. The fraction of sp³-hybridized carbons (Fsp3) is 0.292. The van der Waals surface area contributed by atoms with Crippen molar-refractivity contribution in [3.63, 3.8) is 0 Å². The highest BCUT2D eigenvalue weighted by atomic mass is 32.2. The van der Waals surface area contributed by atoms with Crippen LogP contribution in [0, 0.1) is 0 Å². The van der Waals surface area contributed by atoms with Gasteiger partial charge in [0.25, 0.3) is 17.7 Å². The van der Waals surface area contributed by atoms with Crippen molar-refractivity contribution >= 4 is 40.8 Å². The van der Waals surface area contributed by atoms with Gasteiger partial charge in [0.2, 0.25) is 0 Å². The van der Waals surface area contributed by atoms with Gasteiger partial charge in [0.15, 0.2) is 0 Å². The SMILES string of the molecule is C=CCSc1ncccc1C(=O)N1CCC(c2nc(C(=O)NNC(=O)c3cccn3C)cs2)CC1. The number of rotatable bonds is 7. The minimum atomic E-state index is -0.469. The van der Waals surface area contributed by atoms with Crippen LogP contribution in [0.3, 0.4) is 0 Å². The molecule has 0 radical (unpaired) electrons.